The molecule has 0 bridgehead atoms. The predicted octanol–water partition coefficient (Wildman–Crippen LogP) is 5.83. The second kappa shape index (κ2) is 7.89. The fourth-order valence-electron chi connectivity index (χ4n) is 2.01. The quantitative estimate of drug-likeness (QED) is 0.389. The number of alkyl halides is 9. The molecule has 0 heterocycles. The molecule has 1 nitrogen and oxygen atoms in total. The van der Waals surface area contributed by atoms with Crippen LogP contribution in [0.5, 0.6) is 0 Å². The fraction of sp³-hybridized carbons (Fsp3) is 1.00. The summed E-state index contributed by atoms with van der Waals surface area (Å²) in [7, 11) is -3.78. The Hall–Kier alpha value is -0.453. The molecule has 0 N–H and O–H groups in total. The number of halogens is 9. The first-order chi connectivity index (χ1) is 9.68. The van der Waals surface area contributed by atoms with E-state index in [9.17, 15) is 39.5 Å². The average Bonchev–Trinajstić information content (AvgIpc) is 2.28. The van der Waals surface area contributed by atoms with Crippen LogP contribution in [0.25, 0.3) is 0 Å². The van der Waals surface area contributed by atoms with Crippen molar-refractivity contribution in [1.82, 2.24) is 0 Å². The fourth-order valence-corrected chi connectivity index (χ4v) is 6.02. The zero-order valence-electron chi connectivity index (χ0n) is 11.8. The zero-order chi connectivity index (χ0) is 17.7. The van der Waals surface area contributed by atoms with E-state index in [0.29, 0.717) is 0 Å². The Morgan fingerprint density at radius 2 is 0.909 bits per heavy atom. The van der Waals surface area contributed by atoms with Crippen molar-refractivity contribution in [2.75, 3.05) is 6.61 Å². The summed E-state index contributed by atoms with van der Waals surface area (Å²) in [4.78, 5) is 0. The topological polar surface area (TPSA) is 9.23 Å². The van der Waals surface area contributed by atoms with Crippen LogP contribution in [0.2, 0.25) is 18.1 Å². The third-order valence-corrected chi connectivity index (χ3v) is 7.43. The van der Waals surface area contributed by atoms with Crippen LogP contribution in [0.3, 0.4) is 0 Å². The van der Waals surface area contributed by atoms with E-state index >= 15 is 0 Å². The van der Waals surface area contributed by atoms with Crippen molar-refractivity contribution in [3.8, 4) is 0 Å². The van der Waals surface area contributed by atoms with E-state index in [1.54, 1.807) is 0 Å². The minimum Gasteiger partial charge on any atom is -0.417 e. The van der Waals surface area contributed by atoms with E-state index in [4.69, 9.17) is 4.43 Å². The lowest BCUT2D eigenvalue weighted by Crippen LogP contribution is -2.41. The molecule has 0 spiro atoms. The molecule has 0 aromatic carbocycles. The molecule has 0 aliphatic heterocycles. The van der Waals surface area contributed by atoms with Gasteiger partial charge in [0.2, 0.25) is 0 Å². The highest BCUT2D eigenvalue weighted by molar-refractivity contribution is 6.73. The van der Waals surface area contributed by atoms with E-state index in [2.05, 4.69) is 0 Å². The van der Waals surface area contributed by atoms with E-state index in [1.807, 2.05) is 0 Å². The molecule has 0 saturated heterocycles. The minimum absolute atomic E-state index is 0.209. The molecule has 0 amide bonds. The van der Waals surface area contributed by atoms with Gasteiger partial charge in [0.25, 0.3) is 0 Å². The van der Waals surface area contributed by atoms with Gasteiger partial charge in [0.1, 0.15) is 0 Å². The molecule has 0 aliphatic carbocycles. The lowest BCUT2D eigenvalue weighted by Gasteiger charge is -2.32. The van der Waals surface area contributed by atoms with Gasteiger partial charge in [0, 0.05) is 25.9 Å². The van der Waals surface area contributed by atoms with Crippen molar-refractivity contribution in [2.24, 2.45) is 0 Å². The van der Waals surface area contributed by atoms with Crippen LogP contribution < -0.4 is 0 Å². The van der Waals surface area contributed by atoms with Gasteiger partial charge >= 0.3 is 18.5 Å². The molecule has 0 rings (SSSR count). The smallest absolute Gasteiger partial charge is 0.388 e. The van der Waals surface area contributed by atoms with Crippen LogP contribution in [-0.4, -0.2) is 33.5 Å². The van der Waals surface area contributed by atoms with E-state index < -0.39 is 64.2 Å². The van der Waals surface area contributed by atoms with Crippen molar-refractivity contribution in [3.63, 3.8) is 0 Å². The highest BCUT2D eigenvalue weighted by Gasteiger charge is 2.44. The first kappa shape index (κ1) is 21.5. The Morgan fingerprint density at radius 3 is 1.09 bits per heavy atom. The molecule has 11 heteroatoms. The van der Waals surface area contributed by atoms with Gasteiger partial charge in [-0.25, -0.2) is 0 Å². The van der Waals surface area contributed by atoms with Crippen LogP contribution >= 0.6 is 0 Å². The third kappa shape index (κ3) is 11.2. The van der Waals surface area contributed by atoms with Crippen molar-refractivity contribution < 1.29 is 43.9 Å². The van der Waals surface area contributed by atoms with Gasteiger partial charge in [-0.1, -0.05) is 0 Å². The van der Waals surface area contributed by atoms with Gasteiger partial charge in [-0.05, 0) is 25.1 Å². The Bertz CT molecular complexity index is 275. The monoisotopic (exact) mass is 364 g/mol. The Kier molecular flexibility index (Phi) is 7.73. The summed E-state index contributed by atoms with van der Waals surface area (Å²) in [6.45, 7) is 1.14. The normalized spacial score (nSPS) is 14.5. The highest BCUT2D eigenvalue weighted by atomic mass is 28.4. The Morgan fingerprint density at radius 1 is 0.636 bits per heavy atom. The summed E-state index contributed by atoms with van der Waals surface area (Å²) in [5, 5.41) is 0. The molecule has 0 aliphatic rings. The third-order valence-electron chi connectivity index (χ3n) is 3.04. The number of hydrogen-bond acceptors (Lipinski definition) is 1. The first-order valence-corrected chi connectivity index (χ1v) is 9.05. The summed E-state index contributed by atoms with van der Waals surface area (Å²) < 4.78 is 116. The second-order valence-corrected chi connectivity index (χ2v) is 9.12. The van der Waals surface area contributed by atoms with E-state index in [-0.39, 0.29) is 6.61 Å². The van der Waals surface area contributed by atoms with Crippen LogP contribution in [0.15, 0.2) is 0 Å². The van der Waals surface area contributed by atoms with Crippen LogP contribution in [0.1, 0.15) is 26.2 Å². The zero-order valence-corrected chi connectivity index (χ0v) is 12.8. The van der Waals surface area contributed by atoms with Gasteiger partial charge in [0.05, 0.1) is 0 Å². The summed E-state index contributed by atoms with van der Waals surface area (Å²) in [5.41, 5.74) is 0. The van der Waals surface area contributed by atoms with Crippen LogP contribution in [0.4, 0.5) is 39.5 Å². The number of rotatable bonds is 8. The van der Waals surface area contributed by atoms with Crippen molar-refractivity contribution >= 4 is 8.32 Å². The molecule has 0 saturated carbocycles. The lowest BCUT2D eigenvalue weighted by atomic mass is 10.5. The first-order valence-electron chi connectivity index (χ1n) is 6.52. The molecule has 0 radical (unpaired) electrons. The molecule has 134 valence electrons. The van der Waals surface area contributed by atoms with Crippen LogP contribution in [0, 0.1) is 0 Å². The summed E-state index contributed by atoms with van der Waals surface area (Å²) in [6, 6.07) is -2.39. The van der Waals surface area contributed by atoms with Crippen molar-refractivity contribution in [3.05, 3.63) is 0 Å². The van der Waals surface area contributed by atoms with Gasteiger partial charge in [0.15, 0.2) is 8.32 Å². The van der Waals surface area contributed by atoms with Gasteiger partial charge in [-0.15, -0.1) is 0 Å². The standard InChI is InChI=1S/C11H17F9OSi/c1-2-21-22(6-3-9(12,13)14,7-4-10(15,16)17)8-5-11(18,19)20/h2-8H2,1H3. The van der Waals surface area contributed by atoms with Crippen molar-refractivity contribution in [1.29, 1.82) is 0 Å². The molecular formula is C11H17F9OSi. The average molecular weight is 364 g/mol. The van der Waals surface area contributed by atoms with Crippen LogP contribution in [-0.2, 0) is 4.43 Å². The van der Waals surface area contributed by atoms with Gasteiger partial charge in [-0.2, -0.15) is 39.5 Å². The summed E-state index contributed by atoms with van der Waals surface area (Å²) >= 11 is 0. The predicted molar refractivity (Wildman–Crippen MR) is 63.8 cm³/mol. The molecule has 0 aromatic heterocycles. The maximum atomic E-state index is 12.3. The SMILES string of the molecule is CCO[Si](CCC(F)(F)F)(CCC(F)(F)F)CCC(F)(F)F. The number of hydrogen-bond donors (Lipinski definition) is 0. The Balaban J connectivity index is 5.07. The van der Waals surface area contributed by atoms with Crippen molar-refractivity contribution in [2.45, 2.75) is 62.8 Å². The Labute approximate surface area is 122 Å². The van der Waals surface area contributed by atoms with Gasteiger partial charge in [-0.3, -0.25) is 0 Å². The molecule has 0 aromatic rings. The maximum absolute atomic E-state index is 12.3. The second-order valence-electron chi connectivity index (χ2n) is 4.96. The molecular weight excluding hydrogens is 347 g/mol. The molecule has 0 fully saturated rings. The van der Waals surface area contributed by atoms with Gasteiger partial charge < -0.3 is 4.43 Å². The largest absolute Gasteiger partial charge is 0.417 e. The highest BCUT2D eigenvalue weighted by Crippen LogP contribution is 2.38. The summed E-state index contributed by atoms with van der Waals surface area (Å²) in [6.07, 6.45) is -18.2. The summed E-state index contributed by atoms with van der Waals surface area (Å²) in [5.74, 6) is 0. The maximum Gasteiger partial charge on any atom is 0.388 e. The van der Waals surface area contributed by atoms with E-state index in [0.717, 1.165) is 0 Å². The lowest BCUT2D eigenvalue weighted by molar-refractivity contribution is -0.133. The molecule has 0 unspecified atom stereocenters. The molecule has 22 heavy (non-hydrogen) atoms. The minimum atomic E-state index is -4.65. The van der Waals surface area contributed by atoms with E-state index in [1.165, 1.54) is 6.92 Å². The molecule has 0 atom stereocenters.